The number of hydrogen-bond donors (Lipinski definition) is 0. The second-order valence-electron chi connectivity index (χ2n) is 7.18. The van der Waals surface area contributed by atoms with E-state index in [1.807, 2.05) is 17.8 Å². The van der Waals surface area contributed by atoms with Crippen molar-refractivity contribution in [2.45, 2.75) is 57.7 Å². The number of alkyl halides is 3. The van der Waals surface area contributed by atoms with Crippen LogP contribution in [0.25, 0.3) is 0 Å². The fourth-order valence-corrected chi connectivity index (χ4v) is 3.97. The van der Waals surface area contributed by atoms with E-state index in [0.29, 0.717) is 25.9 Å². The Kier molecular flexibility index (Phi) is 4.88. The minimum absolute atomic E-state index is 0.0512. The van der Waals surface area contributed by atoms with Gasteiger partial charge >= 0.3 is 6.18 Å². The molecule has 24 heavy (non-hydrogen) atoms. The second-order valence-corrected chi connectivity index (χ2v) is 7.18. The Morgan fingerprint density at radius 2 is 2.04 bits per heavy atom. The van der Waals surface area contributed by atoms with Crippen molar-refractivity contribution in [1.82, 2.24) is 14.7 Å². The van der Waals surface area contributed by atoms with Gasteiger partial charge in [-0.2, -0.15) is 18.3 Å². The number of carbonyl (C=O) groups is 1. The topological polar surface area (TPSA) is 38.1 Å². The standard InChI is InChI=1S/C17H24F3N3O/c1-12-9-21-23(10-12)15-6-3-7-22(11-15)16(24)13-4-2-5-14(8-13)17(18,19)20/h9-10,13-15H,2-8,11H2,1H3/t13-,14+,15+/m0/s1. The Labute approximate surface area is 140 Å². The molecule has 0 spiro atoms. The van der Waals surface area contributed by atoms with E-state index in [1.54, 1.807) is 11.1 Å². The third kappa shape index (κ3) is 3.75. The Bertz CT molecular complexity index is 584. The predicted octanol–water partition coefficient (Wildman–Crippen LogP) is 3.72. The summed E-state index contributed by atoms with van der Waals surface area (Å²) in [4.78, 5) is 14.5. The van der Waals surface area contributed by atoms with Gasteiger partial charge in [-0.05, 0) is 44.6 Å². The highest BCUT2D eigenvalue weighted by Gasteiger charge is 2.44. The Morgan fingerprint density at radius 1 is 1.25 bits per heavy atom. The van der Waals surface area contributed by atoms with Gasteiger partial charge < -0.3 is 4.90 Å². The van der Waals surface area contributed by atoms with Gasteiger partial charge in [0.15, 0.2) is 0 Å². The van der Waals surface area contributed by atoms with E-state index in [4.69, 9.17) is 0 Å². The van der Waals surface area contributed by atoms with Gasteiger partial charge in [-0.1, -0.05) is 6.42 Å². The van der Waals surface area contributed by atoms with Crippen molar-refractivity contribution in [3.8, 4) is 0 Å². The lowest BCUT2D eigenvalue weighted by molar-refractivity contribution is -0.187. The van der Waals surface area contributed by atoms with E-state index in [1.165, 1.54) is 0 Å². The zero-order chi connectivity index (χ0) is 17.3. The molecule has 1 saturated carbocycles. The van der Waals surface area contributed by atoms with Gasteiger partial charge in [0, 0.05) is 25.2 Å². The number of aryl methyl sites for hydroxylation is 1. The molecule has 1 aliphatic carbocycles. The molecule has 3 rings (SSSR count). The van der Waals surface area contributed by atoms with Crippen LogP contribution in [0.2, 0.25) is 0 Å². The maximum Gasteiger partial charge on any atom is 0.391 e. The molecular weight excluding hydrogens is 319 g/mol. The molecule has 7 heteroatoms. The second kappa shape index (κ2) is 6.76. The molecule has 134 valence electrons. The Balaban J connectivity index is 1.64. The third-order valence-electron chi connectivity index (χ3n) is 5.30. The van der Waals surface area contributed by atoms with Gasteiger partial charge in [-0.25, -0.2) is 0 Å². The summed E-state index contributed by atoms with van der Waals surface area (Å²) in [5.41, 5.74) is 1.07. The molecule has 0 bridgehead atoms. The van der Waals surface area contributed by atoms with Crippen LogP contribution in [-0.2, 0) is 4.79 Å². The fourth-order valence-electron chi connectivity index (χ4n) is 3.97. The molecule has 1 aliphatic heterocycles. The molecule has 2 heterocycles. The maximum atomic E-state index is 13.0. The molecule has 0 N–H and O–H groups in total. The summed E-state index contributed by atoms with van der Waals surface area (Å²) in [5, 5.41) is 4.32. The summed E-state index contributed by atoms with van der Waals surface area (Å²) >= 11 is 0. The summed E-state index contributed by atoms with van der Waals surface area (Å²) in [7, 11) is 0. The molecule has 0 unspecified atom stereocenters. The molecule has 1 aromatic rings. The van der Waals surface area contributed by atoms with Gasteiger partial charge in [0.1, 0.15) is 0 Å². The number of hydrogen-bond acceptors (Lipinski definition) is 2. The number of aromatic nitrogens is 2. The number of amides is 1. The van der Waals surface area contributed by atoms with Crippen LogP contribution in [0.5, 0.6) is 0 Å². The highest BCUT2D eigenvalue weighted by Crippen LogP contribution is 2.40. The molecule has 4 nitrogen and oxygen atoms in total. The van der Waals surface area contributed by atoms with Crippen LogP contribution in [0, 0.1) is 18.8 Å². The van der Waals surface area contributed by atoms with Crippen molar-refractivity contribution in [2.75, 3.05) is 13.1 Å². The number of carbonyl (C=O) groups excluding carboxylic acids is 1. The smallest absolute Gasteiger partial charge is 0.340 e. The predicted molar refractivity (Wildman–Crippen MR) is 83.3 cm³/mol. The van der Waals surface area contributed by atoms with Gasteiger partial charge in [-0.3, -0.25) is 9.48 Å². The SMILES string of the molecule is Cc1cnn([C@@H]2CCCN(C(=O)[C@H]3CCC[C@@H](C(F)(F)F)C3)C2)c1. The Hall–Kier alpha value is -1.53. The summed E-state index contributed by atoms with van der Waals surface area (Å²) < 4.78 is 40.8. The van der Waals surface area contributed by atoms with Crippen LogP contribution in [0.3, 0.4) is 0 Å². The van der Waals surface area contributed by atoms with E-state index < -0.39 is 18.0 Å². The average Bonchev–Trinajstić information content (AvgIpc) is 3.00. The molecule has 2 fully saturated rings. The van der Waals surface area contributed by atoms with Crippen molar-refractivity contribution in [3.05, 3.63) is 18.0 Å². The van der Waals surface area contributed by atoms with Crippen molar-refractivity contribution >= 4 is 5.91 Å². The molecule has 3 atom stereocenters. The molecular formula is C17H24F3N3O. The van der Waals surface area contributed by atoms with Crippen LogP contribution in [0.4, 0.5) is 13.2 Å². The van der Waals surface area contributed by atoms with Crippen molar-refractivity contribution in [2.24, 2.45) is 11.8 Å². The highest BCUT2D eigenvalue weighted by atomic mass is 19.4. The quantitative estimate of drug-likeness (QED) is 0.821. The lowest BCUT2D eigenvalue weighted by atomic mass is 9.80. The van der Waals surface area contributed by atoms with Crippen molar-refractivity contribution in [3.63, 3.8) is 0 Å². The first-order chi connectivity index (χ1) is 11.3. The average molecular weight is 343 g/mol. The van der Waals surface area contributed by atoms with E-state index in [0.717, 1.165) is 18.4 Å². The molecule has 1 amide bonds. The molecule has 2 aliphatic rings. The number of rotatable bonds is 2. The van der Waals surface area contributed by atoms with Crippen molar-refractivity contribution < 1.29 is 18.0 Å². The van der Waals surface area contributed by atoms with Gasteiger partial charge in [-0.15, -0.1) is 0 Å². The van der Waals surface area contributed by atoms with Crippen LogP contribution < -0.4 is 0 Å². The first-order valence-electron chi connectivity index (χ1n) is 8.71. The summed E-state index contributed by atoms with van der Waals surface area (Å²) in [6.07, 6.45) is 2.53. The first kappa shape index (κ1) is 17.3. The maximum absolute atomic E-state index is 13.0. The number of nitrogens with zero attached hydrogens (tertiary/aromatic N) is 3. The monoisotopic (exact) mass is 343 g/mol. The lowest BCUT2D eigenvalue weighted by Gasteiger charge is -2.37. The zero-order valence-electron chi connectivity index (χ0n) is 13.9. The first-order valence-corrected chi connectivity index (χ1v) is 8.71. The summed E-state index contributed by atoms with van der Waals surface area (Å²) in [6.45, 7) is 3.16. The number of halogens is 3. The van der Waals surface area contributed by atoms with E-state index in [-0.39, 0.29) is 24.8 Å². The number of likely N-dealkylation sites (tertiary alicyclic amines) is 1. The van der Waals surface area contributed by atoms with Crippen LogP contribution in [-0.4, -0.2) is 39.9 Å². The zero-order valence-corrected chi connectivity index (χ0v) is 13.9. The van der Waals surface area contributed by atoms with Crippen molar-refractivity contribution in [1.29, 1.82) is 0 Å². The molecule has 0 aromatic carbocycles. The summed E-state index contributed by atoms with van der Waals surface area (Å²) in [5.74, 6) is -1.91. The lowest BCUT2D eigenvalue weighted by Crippen LogP contribution is -2.45. The molecule has 1 aromatic heterocycles. The van der Waals surface area contributed by atoms with Gasteiger partial charge in [0.2, 0.25) is 5.91 Å². The van der Waals surface area contributed by atoms with Gasteiger partial charge in [0.25, 0.3) is 0 Å². The van der Waals surface area contributed by atoms with Gasteiger partial charge in [0.05, 0.1) is 18.2 Å². The molecule has 1 saturated heterocycles. The van der Waals surface area contributed by atoms with Crippen LogP contribution in [0.1, 0.15) is 50.1 Å². The van der Waals surface area contributed by atoms with E-state index in [2.05, 4.69) is 5.10 Å². The fraction of sp³-hybridized carbons (Fsp3) is 0.765. The van der Waals surface area contributed by atoms with Crippen LogP contribution in [0.15, 0.2) is 12.4 Å². The number of piperidine rings is 1. The largest absolute Gasteiger partial charge is 0.391 e. The normalized spacial score (nSPS) is 28.8. The minimum atomic E-state index is -4.18. The van der Waals surface area contributed by atoms with E-state index >= 15 is 0 Å². The summed E-state index contributed by atoms with van der Waals surface area (Å²) in [6, 6.07) is 0.124. The van der Waals surface area contributed by atoms with Crippen LogP contribution >= 0.6 is 0 Å². The van der Waals surface area contributed by atoms with E-state index in [9.17, 15) is 18.0 Å². The Morgan fingerprint density at radius 3 is 2.71 bits per heavy atom. The minimum Gasteiger partial charge on any atom is -0.340 e. The third-order valence-corrected chi connectivity index (χ3v) is 5.30. The highest BCUT2D eigenvalue weighted by molar-refractivity contribution is 5.79. The molecule has 0 radical (unpaired) electrons.